The first-order chi connectivity index (χ1) is 11.7. The van der Waals surface area contributed by atoms with E-state index in [1.54, 1.807) is 31.2 Å². The Hall–Kier alpha value is -2.33. The SMILES string of the molecule is CCC(=O)Oc1ccc(OCC(CC)OCc2ccccc2)cc1. The summed E-state index contributed by atoms with van der Waals surface area (Å²) in [5.41, 5.74) is 1.15. The second kappa shape index (κ2) is 9.73. The van der Waals surface area contributed by atoms with E-state index in [1.165, 1.54) is 0 Å². The molecule has 2 aromatic rings. The van der Waals surface area contributed by atoms with E-state index in [-0.39, 0.29) is 12.1 Å². The molecule has 0 heterocycles. The molecule has 4 nitrogen and oxygen atoms in total. The Morgan fingerprint density at radius 3 is 2.25 bits per heavy atom. The lowest BCUT2D eigenvalue weighted by molar-refractivity contribution is -0.134. The van der Waals surface area contributed by atoms with Crippen molar-refractivity contribution in [1.82, 2.24) is 0 Å². The third-order valence-corrected chi connectivity index (χ3v) is 3.56. The number of carbonyl (C=O) groups is 1. The van der Waals surface area contributed by atoms with Crippen molar-refractivity contribution in [2.75, 3.05) is 6.61 Å². The summed E-state index contributed by atoms with van der Waals surface area (Å²) in [5.74, 6) is 1.01. The predicted octanol–water partition coefficient (Wildman–Crippen LogP) is 4.38. The van der Waals surface area contributed by atoms with E-state index in [0.717, 1.165) is 17.7 Å². The Labute approximate surface area is 143 Å². The van der Waals surface area contributed by atoms with Crippen molar-refractivity contribution in [3.05, 3.63) is 60.2 Å². The van der Waals surface area contributed by atoms with E-state index in [1.807, 2.05) is 30.3 Å². The van der Waals surface area contributed by atoms with Crippen LogP contribution in [0.15, 0.2) is 54.6 Å². The number of ether oxygens (including phenoxy) is 3. The van der Waals surface area contributed by atoms with Crippen molar-refractivity contribution in [3.8, 4) is 11.5 Å². The number of benzene rings is 2. The zero-order valence-corrected chi connectivity index (χ0v) is 14.2. The highest BCUT2D eigenvalue weighted by Gasteiger charge is 2.09. The summed E-state index contributed by atoms with van der Waals surface area (Å²) in [6.07, 6.45) is 1.26. The average molecular weight is 328 g/mol. The van der Waals surface area contributed by atoms with Gasteiger partial charge in [-0.05, 0) is 36.2 Å². The van der Waals surface area contributed by atoms with Crippen LogP contribution in [0.25, 0.3) is 0 Å². The van der Waals surface area contributed by atoms with Crippen LogP contribution in [0.5, 0.6) is 11.5 Å². The molecule has 0 N–H and O–H groups in total. The molecule has 1 unspecified atom stereocenters. The third kappa shape index (κ3) is 6.05. The molecule has 2 rings (SSSR count). The van der Waals surface area contributed by atoms with Gasteiger partial charge in [-0.3, -0.25) is 4.79 Å². The van der Waals surface area contributed by atoms with Gasteiger partial charge in [-0.2, -0.15) is 0 Å². The molecule has 24 heavy (non-hydrogen) atoms. The van der Waals surface area contributed by atoms with Crippen molar-refractivity contribution in [1.29, 1.82) is 0 Å². The molecule has 0 fully saturated rings. The lowest BCUT2D eigenvalue weighted by Gasteiger charge is -2.17. The van der Waals surface area contributed by atoms with Crippen LogP contribution >= 0.6 is 0 Å². The number of esters is 1. The zero-order valence-electron chi connectivity index (χ0n) is 14.2. The molecule has 0 aliphatic rings. The minimum absolute atomic E-state index is 0.0304. The van der Waals surface area contributed by atoms with Crippen molar-refractivity contribution >= 4 is 5.97 Å². The Balaban J connectivity index is 1.78. The van der Waals surface area contributed by atoms with E-state index < -0.39 is 0 Å². The predicted molar refractivity (Wildman–Crippen MR) is 93.2 cm³/mol. The van der Waals surface area contributed by atoms with Crippen LogP contribution in [0.2, 0.25) is 0 Å². The molecular formula is C20H24O4. The Bertz CT molecular complexity index is 607. The smallest absolute Gasteiger partial charge is 0.310 e. The Morgan fingerprint density at radius 1 is 0.958 bits per heavy atom. The van der Waals surface area contributed by atoms with Crippen LogP contribution < -0.4 is 9.47 Å². The number of hydrogen-bond donors (Lipinski definition) is 0. The Kier molecular flexibility index (Phi) is 7.30. The van der Waals surface area contributed by atoms with Crippen LogP contribution in [-0.2, 0) is 16.1 Å². The molecule has 2 aromatic carbocycles. The largest absolute Gasteiger partial charge is 0.491 e. The number of rotatable bonds is 9. The van der Waals surface area contributed by atoms with Gasteiger partial charge in [-0.25, -0.2) is 0 Å². The number of hydrogen-bond acceptors (Lipinski definition) is 4. The van der Waals surface area contributed by atoms with Crippen molar-refractivity contribution in [3.63, 3.8) is 0 Å². The minimum atomic E-state index is -0.246. The van der Waals surface area contributed by atoms with Gasteiger partial charge in [-0.1, -0.05) is 44.2 Å². The van der Waals surface area contributed by atoms with Crippen LogP contribution in [0.3, 0.4) is 0 Å². The lowest BCUT2D eigenvalue weighted by atomic mass is 10.2. The van der Waals surface area contributed by atoms with Gasteiger partial charge in [0.15, 0.2) is 0 Å². The maximum atomic E-state index is 11.2. The van der Waals surface area contributed by atoms with E-state index in [0.29, 0.717) is 25.4 Å². The quantitative estimate of drug-likeness (QED) is 0.506. The van der Waals surface area contributed by atoms with Crippen LogP contribution in [0, 0.1) is 0 Å². The first-order valence-electron chi connectivity index (χ1n) is 8.30. The maximum Gasteiger partial charge on any atom is 0.310 e. The molecule has 0 radical (unpaired) electrons. The molecular weight excluding hydrogens is 304 g/mol. The van der Waals surface area contributed by atoms with Gasteiger partial charge in [0.05, 0.1) is 12.7 Å². The summed E-state index contributed by atoms with van der Waals surface area (Å²) in [6, 6.07) is 17.1. The van der Waals surface area contributed by atoms with Gasteiger partial charge < -0.3 is 14.2 Å². The molecule has 128 valence electrons. The van der Waals surface area contributed by atoms with Crippen molar-refractivity contribution < 1.29 is 19.0 Å². The highest BCUT2D eigenvalue weighted by atomic mass is 16.5. The highest BCUT2D eigenvalue weighted by molar-refractivity contribution is 5.71. The number of carbonyl (C=O) groups excluding carboxylic acids is 1. The van der Waals surface area contributed by atoms with Crippen LogP contribution in [0.4, 0.5) is 0 Å². The van der Waals surface area contributed by atoms with Gasteiger partial charge in [0.1, 0.15) is 18.1 Å². The van der Waals surface area contributed by atoms with E-state index in [9.17, 15) is 4.79 Å². The van der Waals surface area contributed by atoms with Gasteiger partial charge in [0, 0.05) is 6.42 Å². The van der Waals surface area contributed by atoms with Gasteiger partial charge in [-0.15, -0.1) is 0 Å². The summed E-state index contributed by atoms with van der Waals surface area (Å²) in [6.45, 7) is 4.90. The van der Waals surface area contributed by atoms with Gasteiger partial charge in [0.2, 0.25) is 0 Å². The van der Waals surface area contributed by atoms with Crippen LogP contribution in [0.1, 0.15) is 32.3 Å². The molecule has 0 amide bonds. The first-order valence-corrected chi connectivity index (χ1v) is 8.30. The molecule has 0 aliphatic carbocycles. The summed E-state index contributed by atoms with van der Waals surface area (Å²) in [5, 5.41) is 0. The fourth-order valence-electron chi connectivity index (χ4n) is 2.07. The minimum Gasteiger partial charge on any atom is -0.491 e. The van der Waals surface area contributed by atoms with Crippen molar-refractivity contribution in [2.45, 2.75) is 39.4 Å². The standard InChI is InChI=1S/C20H24O4/c1-3-17(22-14-16-8-6-5-7-9-16)15-23-18-10-12-19(13-11-18)24-20(21)4-2/h5-13,17H,3-4,14-15H2,1-2H3. The lowest BCUT2D eigenvalue weighted by Crippen LogP contribution is -2.20. The van der Waals surface area contributed by atoms with Crippen molar-refractivity contribution in [2.24, 2.45) is 0 Å². The second-order valence-electron chi connectivity index (χ2n) is 5.44. The monoisotopic (exact) mass is 328 g/mol. The molecule has 0 aromatic heterocycles. The molecule has 0 aliphatic heterocycles. The average Bonchev–Trinajstić information content (AvgIpc) is 2.64. The second-order valence-corrected chi connectivity index (χ2v) is 5.44. The summed E-state index contributed by atoms with van der Waals surface area (Å²) >= 11 is 0. The van der Waals surface area contributed by atoms with Gasteiger partial charge >= 0.3 is 5.97 Å². The summed E-state index contributed by atoms with van der Waals surface area (Å²) in [4.78, 5) is 11.2. The van der Waals surface area contributed by atoms with E-state index in [2.05, 4.69) is 6.92 Å². The Morgan fingerprint density at radius 2 is 1.62 bits per heavy atom. The maximum absolute atomic E-state index is 11.2. The van der Waals surface area contributed by atoms with E-state index in [4.69, 9.17) is 14.2 Å². The van der Waals surface area contributed by atoms with E-state index >= 15 is 0 Å². The highest BCUT2D eigenvalue weighted by Crippen LogP contribution is 2.19. The van der Waals surface area contributed by atoms with Gasteiger partial charge in [0.25, 0.3) is 0 Å². The topological polar surface area (TPSA) is 44.8 Å². The molecule has 4 heteroatoms. The summed E-state index contributed by atoms with van der Waals surface area (Å²) in [7, 11) is 0. The molecule has 0 saturated heterocycles. The van der Waals surface area contributed by atoms with Crippen LogP contribution in [-0.4, -0.2) is 18.7 Å². The molecule has 0 bridgehead atoms. The third-order valence-electron chi connectivity index (χ3n) is 3.56. The first kappa shape index (κ1) is 18.0. The molecule has 0 spiro atoms. The zero-order chi connectivity index (χ0) is 17.2. The fraction of sp³-hybridized carbons (Fsp3) is 0.350. The summed E-state index contributed by atoms with van der Waals surface area (Å²) < 4.78 is 16.8. The fourth-order valence-corrected chi connectivity index (χ4v) is 2.07. The normalized spacial score (nSPS) is 11.8. The molecule has 1 atom stereocenters. The molecule has 0 saturated carbocycles.